The van der Waals surface area contributed by atoms with Crippen molar-refractivity contribution in [3.63, 3.8) is 0 Å². The molecule has 0 saturated heterocycles. The van der Waals surface area contributed by atoms with E-state index in [2.05, 4.69) is 21.4 Å². The van der Waals surface area contributed by atoms with Crippen molar-refractivity contribution in [2.75, 3.05) is 25.0 Å². The van der Waals surface area contributed by atoms with Gasteiger partial charge in [0.2, 0.25) is 0 Å². The van der Waals surface area contributed by atoms with Crippen LogP contribution in [-0.4, -0.2) is 62.9 Å². The summed E-state index contributed by atoms with van der Waals surface area (Å²) in [4.78, 5) is 38.6. The van der Waals surface area contributed by atoms with Gasteiger partial charge in [-0.2, -0.15) is 0 Å². The summed E-state index contributed by atoms with van der Waals surface area (Å²) in [5, 5.41) is 23.5. The Morgan fingerprint density at radius 2 is 2.12 bits per heavy atom. The highest BCUT2D eigenvalue weighted by Gasteiger charge is 2.30. The number of carboxylic acids is 1. The fraction of sp³-hybridized carbons (Fsp3) is 0.478. The van der Waals surface area contributed by atoms with Crippen LogP contribution in [0.4, 0.5) is 5.82 Å². The molecular weight excluding hydrogens is 448 g/mol. The van der Waals surface area contributed by atoms with Crippen molar-refractivity contribution in [3.05, 3.63) is 51.9 Å². The summed E-state index contributed by atoms with van der Waals surface area (Å²) in [6.45, 7) is 2.43. The van der Waals surface area contributed by atoms with Crippen LogP contribution in [0.5, 0.6) is 0 Å². The summed E-state index contributed by atoms with van der Waals surface area (Å²) in [7, 11) is 0. The molecule has 1 aliphatic heterocycles. The average Bonchev–Trinajstić information content (AvgIpc) is 2.79. The molecule has 0 amide bonds. The Labute approximate surface area is 197 Å². The van der Waals surface area contributed by atoms with Crippen molar-refractivity contribution in [2.24, 2.45) is 0 Å². The van der Waals surface area contributed by atoms with E-state index in [1.165, 1.54) is 18.0 Å². The molecule has 3 rings (SSSR count). The molecule has 0 unspecified atom stereocenters. The molecule has 0 bridgehead atoms. The smallest absolute Gasteiger partial charge is 0.358 e. The number of aliphatic carboxylic acids is 1. The van der Waals surface area contributed by atoms with E-state index in [0.29, 0.717) is 18.4 Å². The molecule has 1 atom stereocenters. The maximum absolute atomic E-state index is 12.8. The zero-order valence-corrected chi connectivity index (χ0v) is 19.3. The van der Waals surface area contributed by atoms with Crippen molar-refractivity contribution < 1.29 is 24.6 Å². The number of aromatic nitrogens is 2. The van der Waals surface area contributed by atoms with Gasteiger partial charge in [0.05, 0.1) is 10.6 Å². The van der Waals surface area contributed by atoms with Crippen molar-refractivity contribution in [2.45, 2.75) is 51.5 Å². The zero-order valence-electron chi connectivity index (χ0n) is 18.6. The second kappa shape index (κ2) is 11.9. The largest absolute Gasteiger partial charge is 0.480 e. The van der Waals surface area contributed by atoms with Gasteiger partial charge in [-0.3, -0.25) is 9.78 Å². The van der Waals surface area contributed by atoms with E-state index < -0.39 is 18.0 Å². The SMILES string of the molecule is Cc1cncc(Cl)c1C(=O)ON(CCCCc1ccc2c(n1)NCCC2)[C@@H](CCO)C(=O)O. The number of nitrogens with zero attached hydrogens (tertiary/aromatic N) is 3. The second-order valence-corrected chi connectivity index (χ2v) is 8.40. The third-order valence-electron chi connectivity index (χ3n) is 5.54. The molecule has 178 valence electrons. The van der Waals surface area contributed by atoms with Gasteiger partial charge in [-0.25, -0.2) is 9.78 Å². The molecule has 2 aromatic rings. The molecule has 2 aromatic heterocycles. The maximum Gasteiger partial charge on any atom is 0.358 e. The van der Waals surface area contributed by atoms with Gasteiger partial charge in [-0.15, -0.1) is 5.06 Å². The highest BCUT2D eigenvalue weighted by Crippen LogP contribution is 2.22. The van der Waals surface area contributed by atoms with Crippen LogP contribution >= 0.6 is 11.6 Å². The molecule has 9 nitrogen and oxygen atoms in total. The van der Waals surface area contributed by atoms with Crippen LogP contribution in [-0.2, 0) is 22.5 Å². The predicted molar refractivity (Wildman–Crippen MR) is 123 cm³/mol. The molecular formula is C23H29ClN4O5. The van der Waals surface area contributed by atoms with Crippen LogP contribution in [0, 0.1) is 6.92 Å². The summed E-state index contributed by atoms with van der Waals surface area (Å²) in [6, 6.07) is 2.94. The van der Waals surface area contributed by atoms with E-state index in [4.69, 9.17) is 16.4 Å². The van der Waals surface area contributed by atoms with E-state index in [-0.39, 0.29) is 30.2 Å². The van der Waals surface area contributed by atoms with Crippen molar-refractivity contribution >= 4 is 29.4 Å². The Bertz CT molecular complexity index is 967. The number of carbonyl (C=O) groups excluding carboxylic acids is 1. The number of hydroxylamine groups is 2. The minimum absolute atomic E-state index is 0.0796. The number of hydrogen-bond acceptors (Lipinski definition) is 8. The van der Waals surface area contributed by atoms with E-state index in [1.54, 1.807) is 6.92 Å². The Morgan fingerprint density at radius 1 is 1.30 bits per heavy atom. The molecule has 3 heterocycles. The number of aliphatic hydroxyl groups excluding tert-OH is 1. The first-order valence-corrected chi connectivity index (χ1v) is 11.4. The minimum atomic E-state index is -1.18. The molecule has 10 heteroatoms. The molecule has 0 saturated carbocycles. The second-order valence-electron chi connectivity index (χ2n) is 8.00. The lowest BCUT2D eigenvalue weighted by molar-refractivity contribution is -0.174. The Balaban J connectivity index is 1.64. The molecule has 0 aromatic carbocycles. The molecule has 0 aliphatic carbocycles. The monoisotopic (exact) mass is 476 g/mol. The maximum atomic E-state index is 12.8. The Morgan fingerprint density at radius 3 is 2.85 bits per heavy atom. The number of carbonyl (C=O) groups is 2. The van der Waals surface area contributed by atoms with Gasteiger partial charge in [0.1, 0.15) is 11.9 Å². The summed E-state index contributed by atoms with van der Waals surface area (Å²) >= 11 is 6.11. The number of pyridine rings is 2. The number of hydrogen-bond donors (Lipinski definition) is 3. The van der Waals surface area contributed by atoms with Gasteiger partial charge in [0, 0.05) is 37.8 Å². The van der Waals surface area contributed by atoms with Crippen LogP contribution in [0.15, 0.2) is 24.5 Å². The van der Waals surface area contributed by atoms with Crippen molar-refractivity contribution in [1.82, 2.24) is 15.0 Å². The number of unbranched alkanes of at least 4 members (excludes halogenated alkanes) is 1. The lowest BCUT2D eigenvalue weighted by Gasteiger charge is -2.27. The Kier molecular flexibility index (Phi) is 8.99. The highest BCUT2D eigenvalue weighted by molar-refractivity contribution is 6.33. The summed E-state index contributed by atoms with van der Waals surface area (Å²) in [5.74, 6) is -1.00. The van der Waals surface area contributed by atoms with Crippen molar-refractivity contribution in [1.29, 1.82) is 0 Å². The molecule has 1 aliphatic rings. The standard InChI is InChI=1S/C23H29ClN4O5/c1-15-13-25-14-18(24)20(15)23(32)33-28(19(9-12-29)22(30)31)11-3-2-6-17-8-7-16-5-4-10-26-21(16)27-17/h7-8,13-14,19,29H,2-6,9-12H2,1H3,(H,26,27)(H,30,31)/t19-/m0/s1. The van der Waals surface area contributed by atoms with Gasteiger partial charge in [-0.1, -0.05) is 17.7 Å². The quantitative estimate of drug-likeness (QED) is 0.331. The first-order valence-electron chi connectivity index (χ1n) is 11.1. The number of aliphatic hydroxyl groups is 1. The summed E-state index contributed by atoms with van der Waals surface area (Å²) in [5.41, 5.74) is 2.83. The Hall–Kier alpha value is -2.75. The first kappa shape index (κ1) is 24.9. The number of rotatable bonds is 11. The molecule has 33 heavy (non-hydrogen) atoms. The minimum Gasteiger partial charge on any atom is -0.480 e. The van der Waals surface area contributed by atoms with E-state index in [0.717, 1.165) is 42.4 Å². The van der Waals surface area contributed by atoms with E-state index in [9.17, 15) is 19.8 Å². The van der Waals surface area contributed by atoms with Crippen LogP contribution in [0.3, 0.4) is 0 Å². The van der Waals surface area contributed by atoms with Crippen LogP contribution < -0.4 is 5.32 Å². The van der Waals surface area contributed by atoms with Gasteiger partial charge >= 0.3 is 11.9 Å². The normalized spacial score (nSPS) is 13.8. The summed E-state index contributed by atoms with van der Waals surface area (Å²) in [6.07, 6.45) is 6.86. The van der Waals surface area contributed by atoms with Gasteiger partial charge in [0.25, 0.3) is 0 Å². The third kappa shape index (κ3) is 6.63. The lowest BCUT2D eigenvalue weighted by Crippen LogP contribution is -2.43. The highest BCUT2D eigenvalue weighted by atomic mass is 35.5. The summed E-state index contributed by atoms with van der Waals surface area (Å²) < 4.78 is 0. The fourth-order valence-electron chi connectivity index (χ4n) is 3.80. The predicted octanol–water partition coefficient (Wildman–Crippen LogP) is 3.03. The van der Waals surface area contributed by atoms with Crippen molar-refractivity contribution in [3.8, 4) is 0 Å². The number of nitrogens with one attached hydrogen (secondary N) is 1. The number of anilines is 1. The third-order valence-corrected chi connectivity index (χ3v) is 5.83. The molecule has 3 N–H and O–H groups in total. The number of carboxylic acid groups (broad SMARTS) is 1. The van der Waals surface area contributed by atoms with Crippen LogP contribution in [0.25, 0.3) is 0 Å². The number of fused-ring (bicyclic) bond motifs is 1. The van der Waals surface area contributed by atoms with Gasteiger partial charge < -0.3 is 20.4 Å². The molecule has 0 radical (unpaired) electrons. The van der Waals surface area contributed by atoms with E-state index >= 15 is 0 Å². The van der Waals surface area contributed by atoms with Gasteiger partial charge in [0.15, 0.2) is 0 Å². The molecule has 0 fully saturated rings. The van der Waals surface area contributed by atoms with Crippen LogP contribution in [0.1, 0.15) is 52.9 Å². The average molecular weight is 477 g/mol. The van der Waals surface area contributed by atoms with Crippen LogP contribution in [0.2, 0.25) is 5.02 Å². The number of halogens is 1. The molecule has 0 spiro atoms. The van der Waals surface area contributed by atoms with E-state index in [1.807, 2.05) is 6.07 Å². The fourth-order valence-corrected chi connectivity index (χ4v) is 4.08. The first-order chi connectivity index (χ1) is 15.9. The zero-order chi connectivity index (χ0) is 23.8. The van der Waals surface area contributed by atoms with Gasteiger partial charge in [-0.05, 0) is 62.6 Å². The topological polar surface area (TPSA) is 125 Å². The lowest BCUT2D eigenvalue weighted by atomic mass is 10.1. The number of aryl methyl sites for hydroxylation is 3.